The number of alkyl halides is 2. The average molecular weight is 337 g/mol. The van der Waals surface area contributed by atoms with E-state index in [-0.39, 0.29) is 37.9 Å². The Labute approximate surface area is 123 Å². The molecular formula is C10H19ClF2N2O4S. The number of rotatable bonds is 7. The molecule has 0 radical (unpaired) electrons. The molecule has 1 amide bonds. The Hall–Kier alpha value is -0.510. The van der Waals surface area contributed by atoms with E-state index >= 15 is 0 Å². The van der Waals surface area contributed by atoms with Gasteiger partial charge in [0, 0.05) is 19.2 Å². The largest absolute Gasteiger partial charge is 0.379 e. The van der Waals surface area contributed by atoms with Gasteiger partial charge in [0.1, 0.15) is 9.84 Å². The Kier molecular flexibility index (Phi) is 7.85. The minimum absolute atomic E-state index is 0. The fourth-order valence-electron chi connectivity index (χ4n) is 1.58. The number of hydrogen-bond acceptors (Lipinski definition) is 5. The number of carbonyl (C=O) groups excluding carboxylic acids is 1. The van der Waals surface area contributed by atoms with E-state index in [1.807, 2.05) is 0 Å². The summed E-state index contributed by atoms with van der Waals surface area (Å²) < 4.78 is 52.2. The van der Waals surface area contributed by atoms with Gasteiger partial charge >= 0.3 is 0 Å². The summed E-state index contributed by atoms with van der Waals surface area (Å²) in [6, 6.07) is -0.883. The van der Waals surface area contributed by atoms with Crippen molar-refractivity contribution < 1.29 is 26.7 Å². The quantitative estimate of drug-likeness (QED) is 0.617. The first-order valence-corrected chi connectivity index (χ1v) is 7.90. The standard InChI is InChI=1S/C10H18F2N2O4S.ClH/c1-19(16,17)5-4-18-3-2-13-9(15)8-6-10(11,12)7-14-8;/h8,14H,2-7H2,1H3,(H,13,15);1H. The van der Waals surface area contributed by atoms with Crippen molar-refractivity contribution in [1.29, 1.82) is 0 Å². The molecule has 6 nitrogen and oxygen atoms in total. The molecular weight excluding hydrogens is 318 g/mol. The van der Waals surface area contributed by atoms with Crippen molar-refractivity contribution in [3.63, 3.8) is 0 Å². The number of hydrogen-bond donors (Lipinski definition) is 2. The van der Waals surface area contributed by atoms with Crippen LogP contribution in [0, 0.1) is 0 Å². The molecule has 1 atom stereocenters. The Balaban J connectivity index is 0.00000361. The van der Waals surface area contributed by atoms with E-state index in [4.69, 9.17) is 4.74 Å². The topological polar surface area (TPSA) is 84.5 Å². The van der Waals surface area contributed by atoms with E-state index in [2.05, 4.69) is 10.6 Å². The van der Waals surface area contributed by atoms with Gasteiger partial charge in [0.2, 0.25) is 5.91 Å². The first-order valence-electron chi connectivity index (χ1n) is 5.84. The third-order valence-electron chi connectivity index (χ3n) is 2.57. The molecule has 0 aromatic heterocycles. The first kappa shape index (κ1) is 19.5. The monoisotopic (exact) mass is 336 g/mol. The number of nitrogens with one attached hydrogen (secondary N) is 2. The zero-order chi connectivity index (χ0) is 14.5. The summed E-state index contributed by atoms with van der Waals surface area (Å²) in [7, 11) is -3.06. The molecule has 120 valence electrons. The van der Waals surface area contributed by atoms with Crippen LogP contribution in [0.5, 0.6) is 0 Å². The molecule has 0 aromatic carbocycles. The lowest BCUT2D eigenvalue weighted by Gasteiger charge is -2.11. The molecule has 1 fully saturated rings. The summed E-state index contributed by atoms with van der Waals surface area (Å²) in [6.45, 7) is -0.138. The zero-order valence-corrected chi connectivity index (χ0v) is 12.7. The van der Waals surface area contributed by atoms with Gasteiger partial charge in [-0.05, 0) is 0 Å². The van der Waals surface area contributed by atoms with Crippen LogP contribution in [0.1, 0.15) is 6.42 Å². The van der Waals surface area contributed by atoms with E-state index < -0.39 is 40.7 Å². The Bertz CT molecular complexity index is 419. The van der Waals surface area contributed by atoms with Crippen LogP contribution >= 0.6 is 12.4 Å². The third-order valence-corrected chi connectivity index (χ3v) is 3.48. The second kappa shape index (κ2) is 8.06. The highest BCUT2D eigenvalue weighted by Gasteiger charge is 2.42. The first-order chi connectivity index (χ1) is 8.70. The summed E-state index contributed by atoms with van der Waals surface area (Å²) in [4.78, 5) is 11.5. The van der Waals surface area contributed by atoms with Crippen molar-refractivity contribution in [2.45, 2.75) is 18.4 Å². The molecule has 1 saturated heterocycles. The predicted octanol–water partition coefficient (Wildman–Crippen LogP) is -0.417. The molecule has 1 aliphatic rings. The highest BCUT2D eigenvalue weighted by atomic mass is 35.5. The van der Waals surface area contributed by atoms with Gasteiger partial charge in [0.15, 0.2) is 0 Å². The second-order valence-corrected chi connectivity index (χ2v) is 6.79. The van der Waals surface area contributed by atoms with Crippen molar-refractivity contribution in [2.75, 3.05) is 38.3 Å². The molecule has 0 bridgehead atoms. The fourth-order valence-corrected chi connectivity index (χ4v) is 2.00. The number of ether oxygens (including phenoxy) is 1. The normalized spacial score (nSPS) is 21.2. The van der Waals surface area contributed by atoms with Gasteiger partial charge in [0.05, 0.1) is 31.6 Å². The predicted molar refractivity (Wildman–Crippen MR) is 72.1 cm³/mol. The van der Waals surface area contributed by atoms with Crippen LogP contribution in [0.2, 0.25) is 0 Å². The highest BCUT2D eigenvalue weighted by molar-refractivity contribution is 7.90. The molecule has 1 rings (SSSR count). The number of halogens is 3. The van der Waals surface area contributed by atoms with Gasteiger partial charge in [-0.2, -0.15) is 0 Å². The lowest BCUT2D eigenvalue weighted by atomic mass is 10.2. The lowest BCUT2D eigenvalue weighted by Crippen LogP contribution is -2.41. The van der Waals surface area contributed by atoms with Crippen LogP contribution in [0.15, 0.2) is 0 Å². The Morgan fingerprint density at radius 3 is 2.60 bits per heavy atom. The van der Waals surface area contributed by atoms with E-state index in [1.165, 1.54) is 0 Å². The molecule has 0 saturated carbocycles. The summed E-state index contributed by atoms with van der Waals surface area (Å²) in [5.41, 5.74) is 0. The Morgan fingerprint density at radius 2 is 2.10 bits per heavy atom. The fraction of sp³-hybridized carbons (Fsp3) is 0.900. The number of carbonyl (C=O) groups is 1. The van der Waals surface area contributed by atoms with Gasteiger partial charge in [-0.3, -0.25) is 10.1 Å². The molecule has 1 unspecified atom stereocenters. The molecule has 20 heavy (non-hydrogen) atoms. The van der Waals surface area contributed by atoms with Crippen LogP contribution in [0.4, 0.5) is 8.78 Å². The molecule has 10 heteroatoms. The molecule has 0 spiro atoms. The van der Waals surface area contributed by atoms with Gasteiger partial charge in [-0.25, -0.2) is 17.2 Å². The maximum atomic E-state index is 12.8. The molecule has 2 N–H and O–H groups in total. The summed E-state index contributed by atoms with van der Waals surface area (Å²) in [6.07, 6.45) is 0.595. The van der Waals surface area contributed by atoms with Crippen molar-refractivity contribution in [2.24, 2.45) is 0 Å². The summed E-state index contributed by atoms with van der Waals surface area (Å²) in [5.74, 6) is -3.42. The van der Waals surface area contributed by atoms with Crippen LogP contribution < -0.4 is 10.6 Å². The van der Waals surface area contributed by atoms with Crippen molar-refractivity contribution in [1.82, 2.24) is 10.6 Å². The molecule has 0 aromatic rings. The van der Waals surface area contributed by atoms with Gasteiger partial charge < -0.3 is 10.1 Å². The number of sulfone groups is 1. The molecule has 1 aliphatic heterocycles. The average Bonchev–Trinajstić information content (AvgIpc) is 2.62. The highest BCUT2D eigenvalue weighted by Crippen LogP contribution is 2.24. The van der Waals surface area contributed by atoms with Crippen LogP contribution in [-0.4, -0.2) is 64.6 Å². The zero-order valence-electron chi connectivity index (χ0n) is 11.0. The maximum Gasteiger partial charge on any atom is 0.262 e. The van der Waals surface area contributed by atoms with Crippen LogP contribution in [0.3, 0.4) is 0 Å². The van der Waals surface area contributed by atoms with Crippen LogP contribution in [-0.2, 0) is 19.4 Å². The maximum absolute atomic E-state index is 12.8. The smallest absolute Gasteiger partial charge is 0.262 e. The van der Waals surface area contributed by atoms with Gasteiger partial charge in [0.25, 0.3) is 5.92 Å². The molecule has 1 heterocycles. The van der Waals surface area contributed by atoms with E-state index in [0.29, 0.717) is 0 Å². The second-order valence-electron chi connectivity index (χ2n) is 4.53. The van der Waals surface area contributed by atoms with E-state index in [1.54, 1.807) is 0 Å². The van der Waals surface area contributed by atoms with Crippen molar-refractivity contribution >= 4 is 28.2 Å². The van der Waals surface area contributed by atoms with E-state index in [0.717, 1.165) is 6.26 Å². The van der Waals surface area contributed by atoms with E-state index in [9.17, 15) is 22.0 Å². The molecule has 0 aliphatic carbocycles. The van der Waals surface area contributed by atoms with Gasteiger partial charge in [-0.1, -0.05) is 0 Å². The Morgan fingerprint density at radius 1 is 1.45 bits per heavy atom. The SMILES string of the molecule is CS(=O)(=O)CCOCCNC(=O)C1CC(F)(F)CN1.Cl. The summed E-state index contributed by atoms with van der Waals surface area (Å²) >= 11 is 0. The van der Waals surface area contributed by atoms with Crippen molar-refractivity contribution in [3.8, 4) is 0 Å². The lowest BCUT2D eigenvalue weighted by molar-refractivity contribution is -0.123. The minimum atomic E-state index is -3.06. The minimum Gasteiger partial charge on any atom is -0.379 e. The number of amides is 1. The van der Waals surface area contributed by atoms with Gasteiger partial charge in [-0.15, -0.1) is 12.4 Å². The summed E-state index contributed by atoms with van der Waals surface area (Å²) in [5, 5.41) is 4.89. The van der Waals surface area contributed by atoms with Crippen molar-refractivity contribution in [3.05, 3.63) is 0 Å². The van der Waals surface area contributed by atoms with Crippen LogP contribution in [0.25, 0.3) is 0 Å². The third kappa shape index (κ3) is 7.93.